The predicted octanol–water partition coefficient (Wildman–Crippen LogP) is 3.16. The molecule has 5 nitrogen and oxygen atoms in total. The van der Waals surface area contributed by atoms with Crippen LogP contribution in [-0.2, 0) is 4.74 Å². The maximum Gasteiger partial charge on any atom is 0.247 e. The highest BCUT2D eigenvalue weighted by molar-refractivity contribution is 5.51. The molecule has 0 unspecified atom stereocenters. The number of hydrogen-bond donors (Lipinski definition) is 0. The molecule has 0 bridgehead atoms. The zero-order valence-electron chi connectivity index (χ0n) is 13.2. The van der Waals surface area contributed by atoms with Gasteiger partial charge in [-0.2, -0.15) is 0 Å². The van der Waals surface area contributed by atoms with Crippen LogP contribution in [0.2, 0.25) is 0 Å². The summed E-state index contributed by atoms with van der Waals surface area (Å²) in [6.45, 7) is 8.02. The molecule has 1 aliphatic heterocycles. The van der Waals surface area contributed by atoms with Gasteiger partial charge in [0.05, 0.1) is 12.6 Å². The molecular weight excluding hydrogens is 278 g/mol. The summed E-state index contributed by atoms with van der Waals surface area (Å²) in [4.78, 5) is 2.38. The van der Waals surface area contributed by atoms with Crippen LogP contribution < -0.4 is 0 Å². The van der Waals surface area contributed by atoms with E-state index >= 15 is 0 Å². The highest BCUT2D eigenvalue weighted by atomic mass is 16.5. The van der Waals surface area contributed by atoms with Crippen LogP contribution in [-0.4, -0.2) is 41.4 Å². The normalized spacial score (nSPS) is 19.7. The summed E-state index contributed by atoms with van der Waals surface area (Å²) in [5.74, 6) is 1.88. The maximum absolute atomic E-state index is 5.88. The van der Waals surface area contributed by atoms with Crippen LogP contribution in [0.15, 0.2) is 34.7 Å². The highest BCUT2D eigenvalue weighted by Crippen LogP contribution is 2.25. The molecule has 2 atom stereocenters. The third-order valence-corrected chi connectivity index (χ3v) is 4.29. The quantitative estimate of drug-likeness (QED) is 0.820. The molecule has 0 radical (unpaired) electrons. The molecule has 2 aromatic rings. The number of nitrogens with zero attached hydrogens (tertiary/aromatic N) is 3. The van der Waals surface area contributed by atoms with Crippen LogP contribution in [0.3, 0.4) is 0 Å². The van der Waals surface area contributed by atoms with Crippen molar-refractivity contribution < 1.29 is 9.15 Å². The second kappa shape index (κ2) is 7.03. The molecule has 0 aliphatic carbocycles. The molecule has 0 amide bonds. The van der Waals surface area contributed by atoms with E-state index in [-0.39, 0.29) is 6.04 Å². The van der Waals surface area contributed by atoms with Crippen LogP contribution in [0.25, 0.3) is 11.5 Å². The summed E-state index contributed by atoms with van der Waals surface area (Å²) in [6.07, 6.45) is 1.14. The van der Waals surface area contributed by atoms with E-state index in [0.29, 0.717) is 17.7 Å². The molecule has 0 saturated carbocycles. The second-order valence-corrected chi connectivity index (χ2v) is 5.80. The largest absolute Gasteiger partial charge is 0.419 e. The first kappa shape index (κ1) is 15.2. The molecule has 118 valence electrons. The Morgan fingerprint density at radius 3 is 2.77 bits per heavy atom. The van der Waals surface area contributed by atoms with Gasteiger partial charge in [0.2, 0.25) is 11.8 Å². The van der Waals surface area contributed by atoms with Gasteiger partial charge in [-0.3, -0.25) is 4.90 Å². The van der Waals surface area contributed by atoms with Crippen molar-refractivity contribution in [2.24, 2.45) is 5.92 Å². The van der Waals surface area contributed by atoms with Gasteiger partial charge in [0.15, 0.2) is 0 Å². The predicted molar refractivity (Wildman–Crippen MR) is 84.3 cm³/mol. The van der Waals surface area contributed by atoms with E-state index in [2.05, 4.69) is 28.9 Å². The highest BCUT2D eigenvalue weighted by Gasteiger charge is 2.25. The average Bonchev–Trinajstić information content (AvgIpc) is 3.24. The van der Waals surface area contributed by atoms with E-state index < -0.39 is 0 Å². The Morgan fingerprint density at radius 1 is 1.27 bits per heavy atom. The molecule has 1 aromatic carbocycles. The number of benzene rings is 1. The number of hydrogen-bond acceptors (Lipinski definition) is 5. The third kappa shape index (κ3) is 3.36. The molecule has 1 aromatic heterocycles. The van der Waals surface area contributed by atoms with E-state index in [1.807, 2.05) is 30.3 Å². The summed E-state index contributed by atoms with van der Waals surface area (Å²) in [6, 6.07) is 10.0. The van der Waals surface area contributed by atoms with Gasteiger partial charge in [0.25, 0.3) is 0 Å². The smallest absolute Gasteiger partial charge is 0.247 e. The number of rotatable bonds is 6. The molecule has 1 aliphatic rings. The molecule has 2 heterocycles. The second-order valence-electron chi connectivity index (χ2n) is 5.80. The maximum atomic E-state index is 5.88. The zero-order chi connectivity index (χ0) is 15.4. The summed E-state index contributed by atoms with van der Waals surface area (Å²) in [5.41, 5.74) is 0.959. The lowest BCUT2D eigenvalue weighted by Gasteiger charge is -2.27. The van der Waals surface area contributed by atoms with Gasteiger partial charge in [-0.15, -0.1) is 10.2 Å². The minimum Gasteiger partial charge on any atom is -0.419 e. The molecule has 1 fully saturated rings. The summed E-state index contributed by atoms with van der Waals surface area (Å²) in [7, 11) is 0. The molecule has 0 N–H and O–H groups in total. The Bertz CT molecular complexity index is 579. The van der Waals surface area contributed by atoms with Crippen molar-refractivity contribution in [1.29, 1.82) is 0 Å². The Labute approximate surface area is 131 Å². The van der Waals surface area contributed by atoms with Crippen LogP contribution >= 0.6 is 0 Å². The SMILES string of the molecule is CCN(C[C@@H]1CCOC1)[C@@H](C)c1nnc(-c2ccccc2)o1. The van der Waals surface area contributed by atoms with Crippen molar-refractivity contribution >= 4 is 0 Å². The van der Waals surface area contributed by atoms with Crippen LogP contribution in [0.1, 0.15) is 32.2 Å². The first-order valence-corrected chi connectivity index (χ1v) is 7.98. The Kier molecular flexibility index (Phi) is 4.85. The van der Waals surface area contributed by atoms with Crippen LogP contribution in [0, 0.1) is 5.92 Å². The van der Waals surface area contributed by atoms with Gasteiger partial charge >= 0.3 is 0 Å². The van der Waals surface area contributed by atoms with E-state index in [9.17, 15) is 0 Å². The lowest BCUT2D eigenvalue weighted by molar-refractivity contribution is 0.141. The van der Waals surface area contributed by atoms with Crippen LogP contribution in [0.5, 0.6) is 0 Å². The van der Waals surface area contributed by atoms with Crippen molar-refractivity contribution in [3.05, 3.63) is 36.2 Å². The van der Waals surface area contributed by atoms with Gasteiger partial charge in [0, 0.05) is 18.7 Å². The van der Waals surface area contributed by atoms with Gasteiger partial charge in [-0.1, -0.05) is 25.1 Å². The van der Waals surface area contributed by atoms with Crippen molar-refractivity contribution in [2.45, 2.75) is 26.3 Å². The topological polar surface area (TPSA) is 51.4 Å². The molecule has 3 rings (SSSR count). The third-order valence-electron chi connectivity index (χ3n) is 4.29. The van der Waals surface area contributed by atoms with Gasteiger partial charge in [-0.05, 0) is 37.9 Å². The molecule has 1 saturated heterocycles. The van der Waals surface area contributed by atoms with E-state index in [0.717, 1.165) is 38.3 Å². The minimum absolute atomic E-state index is 0.121. The fourth-order valence-corrected chi connectivity index (χ4v) is 2.88. The van der Waals surface area contributed by atoms with Gasteiger partial charge in [-0.25, -0.2) is 0 Å². The summed E-state index contributed by atoms with van der Waals surface area (Å²) < 4.78 is 11.4. The average molecular weight is 301 g/mol. The zero-order valence-corrected chi connectivity index (χ0v) is 13.2. The van der Waals surface area contributed by atoms with Crippen molar-refractivity contribution in [2.75, 3.05) is 26.3 Å². The van der Waals surface area contributed by atoms with E-state index in [1.165, 1.54) is 0 Å². The van der Waals surface area contributed by atoms with E-state index in [1.54, 1.807) is 0 Å². The first-order valence-electron chi connectivity index (χ1n) is 7.98. The van der Waals surface area contributed by atoms with Crippen molar-refractivity contribution in [3.8, 4) is 11.5 Å². The number of ether oxygens (including phenoxy) is 1. The minimum atomic E-state index is 0.121. The Morgan fingerprint density at radius 2 is 2.09 bits per heavy atom. The molecule has 22 heavy (non-hydrogen) atoms. The first-order chi connectivity index (χ1) is 10.8. The Balaban J connectivity index is 1.70. The standard InChI is InChI=1S/C17H23N3O2/c1-3-20(11-14-9-10-21-12-14)13(2)16-18-19-17(22-16)15-7-5-4-6-8-15/h4-8,13-14H,3,9-12H2,1-2H3/t13-,14-/m0/s1. The van der Waals surface area contributed by atoms with Crippen molar-refractivity contribution in [3.63, 3.8) is 0 Å². The fraction of sp³-hybridized carbons (Fsp3) is 0.529. The molecule has 5 heteroatoms. The monoisotopic (exact) mass is 301 g/mol. The van der Waals surface area contributed by atoms with Crippen molar-refractivity contribution in [1.82, 2.24) is 15.1 Å². The summed E-state index contributed by atoms with van der Waals surface area (Å²) >= 11 is 0. The molecule has 0 spiro atoms. The lowest BCUT2D eigenvalue weighted by atomic mass is 10.1. The summed E-state index contributed by atoms with van der Waals surface area (Å²) in [5, 5.41) is 8.43. The van der Waals surface area contributed by atoms with Gasteiger partial charge < -0.3 is 9.15 Å². The number of aromatic nitrogens is 2. The van der Waals surface area contributed by atoms with E-state index in [4.69, 9.17) is 9.15 Å². The fourth-order valence-electron chi connectivity index (χ4n) is 2.88. The Hall–Kier alpha value is -1.72. The molecular formula is C17H23N3O2. The lowest BCUT2D eigenvalue weighted by Crippen LogP contribution is -2.32. The van der Waals surface area contributed by atoms with Crippen LogP contribution in [0.4, 0.5) is 0 Å². The van der Waals surface area contributed by atoms with Gasteiger partial charge in [0.1, 0.15) is 0 Å².